The first kappa shape index (κ1) is 28.7. The lowest BCUT2D eigenvalue weighted by Gasteiger charge is -1.94. The van der Waals surface area contributed by atoms with Crippen molar-refractivity contribution in [3.8, 4) is 0 Å². The maximum Gasteiger partial charge on any atom is 0.505 e. The van der Waals surface area contributed by atoms with E-state index in [9.17, 15) is 9.13 Å². The highest BCUT2D eigenvalue weighted by Crippen LogP contribution is 2.17. The molecule has 0 aliphatic carbocycles. The van der Waals surface area contributed by atoms with Gasteiger partial charge in [0.15, 0.2) is 12.3 Å². The third-order valence-electron chi connectivity index (χ3n) is 3.41. The summed E-state index contributed by atoms with van der Waals surface area (Å²) in [5.74, 6) is 0. The van der Waals surface area contributed by atoms with Gasteiger partial charge in [-0.15, -0.1) is 13.2 Å². The maximum absolute atomic E-state index is 10.2. The van der Waals surface area contributed by atoms with E-state index in [1.807, 2.05) is 0 Å². The number of hydrogen-bond donors (Lipinski definition) is 2. The lowest BCUT2D eigenvalue weighted by Crippen LogP contribution is -1.81. The minimum absolute atomic E-state index is 0.488. The molecular weight excluding hydrogens is 342 g/mol. The Morgan fingerprint density at radius 3 is 1.08 bits per heavy atom. The fourth-order valence-corrected chi connectivity index (χ4v) is 3.04. The van der Waals surface area contributed by atoms with Crippen LogP contribution in [0, 0.1) is 0 Å². The predicted octanol–water partition coefficient (Wildman–Crippen LogP) is 6.97. The average molecular weight is 382 g/mol. The molecule has 2 unspecified atom stereocenters. The van der Waals surface area contributed by atoms with Crippen molar-refractivity contribution in [3.63, 3.8) is 0 Å². The Morgan fingerprint density at radius 1 is 0.583 bits per heavy atom. The Kier molecular flexibility index (Phi) is 33.1. The number of unbranched alkanes of at least 4 members (excludes halogenated alkanes) is 10. The van der Waals surface area contributed by atoms with Crippen LogP contribution in [0.25, 0.3) is 0 Å². The second kappa shape index (κ2) is 27.7. The quantitative estimate of drug-likeness (QED) is 0.193. The van der Waals surface area contributed by atoms with E-state index in [0.29, 0.717) is 12.3 Å². The van der Waals surface area contributed by atoms with E-state index >= 15 is 0 Å². The van der Waals surface area contributed by atoms with E-state index < -0.39 is 16.1 Å². The molecule has 0 bridgehead atoms. The molecule has 6 heteroatoms. The SMILES string of the molecule is C=C.CCCCCCCC[P+](=O)O.CCCCCCCC[P+](=O)O. The van der Waals surface area contributed by atoms with Gasteiger partial charge in [-0.3, -0.25) is 0 Å². The molecule has 2 N–H and O–H groups in total. The molecule has 0 aliphatic heterocycles. The third-order valence-corrected chi connectivity index (χ3v) is 4.80. The van der Waals surface area contributed by atoms with Crippen molar-refractivity contribution >= 4 is 16.1 Å². The van der Waals surface area contributed by atoms with Gasteiger partial charge in [0.05, 0.1) is 0 Å². The fourth-order valence-electron chi connectivity index (χ4n) is 2.05. The summed E-state index contributed by atoms with van der Waals surface area (Å²) in [6.07, 6.45) is 15.1. The molecule has 0 amide bonds. The van der Waals surface area contributed by atoms with Crippen LogP contribution in [0.15, 0.2) is 13.2 Å². The molecule has 4 nitrogen and oxygen atoms in total. The first-order chi connectivity index (χ1) is 11.5. The standard InChI is InChI=1S/2C8H17O2P.C2H4/c2*1-2-3-4-5-6-7-8-11(9)10;1-2/h2*2-8H2,1H3;1-2H2/p+2. The van der Waals surface area contributed by atoms with Gasteiger partial charge in [0.2, 0.25) is 0 Å². The normalized spacial score (nSPS) is 10.8. The Morgan fingerprint density at radius 2 is 0.833 bits per heavy atom. The average Bonchev–Trinajstić information content (AvgIpc) is 2.56. The first-order valence-electron chi connectivity index (χ1n) is 9.31. The monoisotopic (exact) mass is 382 g/mol. The second-order valence-electron chi connectivity index (χ2n) is 5.69. The Bertz CT molecular complexity index is 248. The summed E-state index contributed by atoms with van der Waals surface area (Å²) in [7, 11) is -3.75. The Labute approximate surface area is 151 Å². The van der Waals surface area contributed by atoms with Gasteiger partial charge >= 0.3 is 16.1 Å². The largest absolute Gasteiger partial charge is 0.505 e. The molecule has 2 atom stereocenters. The van der Waals surface area contributed by atoms with Crippen LogP contribution in [0.2, 0.25) is 0 Å². The Balaban J connectivity index is -0.000000333. The summed E-state index contributed by atoms with van der Waals surface area (Å²) in [4.78, 5) is 16.9. The van der Waals surface area contributed by atoms with Crippen molar-refractivity contribution in [2.75, 3.05) is 12.3 Å². The number of hydrogen-bond acceptors (Lipinski definition) is 2. The van der Waals surface area contributed by atoms with Gasteiger partial charge < -0.3 is 0 Å². The van der Waals surface area contributed by atoms with Crippen molar-refractivity contribution in [1.29, 1.82) is 0 Å². The van der Waals surface area contributed by atoms with Crippen LogP contribution in [-0.4, -0.2) is 22.1 Å². The molecule has 0 rings (SSSR count). The van der Waals surface area contributed by atoms with Gasteiger partial charge in [-0.05, 0) is 34.8 Å². The lowest BCUT2D eigenvalue weighted by molar-refractivity contribution is 0.497. The van der Waals surface area contributed by atoms with Crippen LogP contribution in [0.1, 0.15) is 90.9 Å². The molecule has 0 saturated heterocycles. The van der Waals surface area contributed by atoms with E-state index in [2.05, 4.69) is 27.0 Å². The summed E-state index contributed by atoms with van der Waals surface area (Å²) >= 11 is 0. The van der Waals surface area contributed by atoms with E-state index in [1.54, 1.807) is 0 Å². The van der Waals surface area contributed by atoms with Gasteiger partial charge in [-0.2, -0.15) is 9.79 Å². The molecule has 0 aliphatic rings. The van der Waals surface area contributed by atoms with Gasteiger partial charge in [0, 0.05) is 0 Å². The highest BCUT2D eigenvalue weighted by Gasteiger charge is 2.07. The molecule has 0 heterocycles. The second-order valence-corrected chi connectivity index (χ2v) is 7.99. The zero-order valence-corrected chi connectivity index (χ0v) is 17.7. The first-order valence-corrected chi connectivity index (χ1v) is 12.1. The topological polar surface area (TPSA) is 74.6 Å². The molecule has 24 heavy (non-hydrogen) atoms. The van der Waals surface area contributed by atoms with Crippen LogP contribution in [-0.2, 0) is 9.13 Å². The molecule has 144 valence electrons. The van der Waals surface area contributed by atoms with Crippen molar-refractivity contribution < 1.29 is 18.9 Å². The Hall–Kier alpha value is -0.140. The molecule has 0 aromatic rings. The lowest BCUT2D eigenvalue weighted by atomic mass is 10.1. The zero-order chi connectivity index (χ0) is 19.1. The van der Waals surface area contributed by atoms with Crippen LogP contribution >= 0.6 is 16.1 Å². The van der Waals surface area contributed by atoms with E-state index in [-0.39, 0.29) is 0 Å². The fraction of sp³-hybridized carbons (Fsp3) is 0.889. The molecule has 0 aromatic carbocycles. The minimum Gasteiger partial charge on any atom is -0.161 e. The van der Waals surface area contributed by atoms with Crippen LogP contribution in [0.3, 0.4) is 0 Å². The summed E-state index contributed by atoms with van der Waals surface area (Å²) in [6, 6.07) is 0. The summed E-state index contributed by atoms with van der Waals surface area (Å²) in [5, 5.41) is 0. The molecule has 0 saturated carbocycles. The predicted molar refractivity (Wildman–Crippen MR) is 107 cm³/mol. The van der Waals surface area contributed by atoms with Gasteiger partial charge in [0.1, 0.15) is 0 Å². The van der Waals surface area contributed by atoms with Crippen molar-refractivity contribution in [1.82, 2.24) is 0 Å². The van der Waals surface area contributed by atoms with E-state index in [0.717, 1.165) is 25.7 Å². The smallest absolute Gasteiger partial charge is 0.161 e. The maximum atomic E-state index is 10.2. The van der Waals surface area contributed by atoms with Crippen LogP contribution in [0.5, 0.6) is 0 Å². The van der Waals surface area contributed by atoms with Crippen LogP contribution < -0.4 is 0 Å². The molecular formula is C18H40O4P2+2. The molecule has 0 radical (unpaired) electrons. The molecule has 0 spiro atoms. The van der Waals surface area contributed by atoms with E-state index in [1.165, 1.54) is 51.4 Å². The van der Waals surface area contributed by atoms with Crippen molar-refractivity contribution in [2.45, 2.75) is 90.9 Å². The van der Waals surface area contributed by atoms with Crippen LogP contribution in [0.4, 0.5) is 0 Å². The van der Waals surface area contributed by atoms with Gasteiger partial charge in [0.25, 0.3) is 0 Å². The highest BCUT2D eigenvalue weighted by molar-refractivity contribution is 7.38. The summed E-state index contributed by atoms with van der Waals surface area (Å²) in [5.41, 5.74) is 0. The van der Waals surface area contributed by atoms with Gasteiger partial charge in [-0.1, -0.05) is 65.2 Å². The highest BCUT2D eigenvalue weighted by atomic mass is 31.1. The minimum atomic E-state index is -1.87. The summed E-state index contributed by atoms with van der Waals surface area (Å²) in [6.45, 7) is 10.4. The third kappa shape index (κ3) is 37.8. The zero-order valence-electron chi connectivity index (χ0n) is 15.9. The molecule has 0 fully saturated rings. The van der Waals surface area contributed by atoms with Crippen molar-refractivity contribution in [3.05, 3.63) is 13.2 Å². The molecule has 0 aromatic heterocycles. The van der Waals surface area contributed by atoms with Crippen molar-refractivity contribution in [2.24, 2.45) is 0 Å². The van der Waals surface area contributed by atoms with Gasteiger partial charge in [-0.25, -0.2) is 0 Å². The van der Waals surface area contributed by atoms with E-state index in [4.69, 9.17) is 9.79 Å². The number of rotatable bonds is 14. The summed E-state index contributed by atoms with van der Waals surface area (Å²) < 4.78 is 20.5.